The molecule has 0 aliphatic rings. The fourth-order valence-corrected chi connectivity index (χ4v) is 2.07. The van der Waals surface area contributed by atoms with E-state index in [0.717, 1.165) is 28.4 Å². The van der Waals surface area contributed by atoms with Gasteiger partial charge in [-0.15, -0.1) is 0 Å². The molecule has 2 aromatic rings. The van der Waals surface area contributed by atoms with Gasteiger partial charge in [-0.1, -0.05) is 18.2 Å². The van der Waals surface area contributed by atoms with E-state index in [0.29, 0.717) is 6.61 Å². The molecule has 0 spiro atoms. The van der Waals surface area contributed by atoms with Crippen LogP contribution in [0.15, 0.2) is 42.5 Å². The summed E-state index contributed by atoms with van der Waals surface area (Å²) in [6.07, 6.45) is 0. The van der Waals surface area contributed by atoms with Crippen LogP contribution in [-0.4, -0.2) is 14.2 Å². The Bertz CT molecular complexity index is 596. The summed E-state index contributed by atoms with van der Waals surface area (Å²) in [5.41, 5.74) is 7.97. The minimum atomic E-state index is -0.101. The Balaban J connectivity index is 2.17. The first-order valence-electron chi connectivity index (χ1n) is 6.83. The zero-order valence-electron chi connectivity index (χ0n) is 12.6. The number of benzene rings is 2. The minimum Gasteiger partial charge on any atom is -0.497 e. The van der Waals surface area contributed by atoms with Gasteiger partial charge >= 0.3 is 0 Å². The van der Waals surface area contributed by atoms with Gasteiger partial charge in [0.05, 0.1) is 14.2 Å². The Morgan fingerprint density at radius 3 is 2.38 bits per heavy atom. The van der Waals surface area contributed by atoms with Crippen LogP contribution >= 0.6 is 0 Å². The first kappa shape index (κ1) is 15.2. The van der Waals surface area contributed by atoms with E-state index in [1.54, 1.807) is 14.2 Å². The topological polar surface area (TPSA) is 53.7 Å². The third-order valence-corrected chi connectivity index (χ3v) is 3.24. The summed E-state index contributed by atoms with van der Waals surface area (Å²) in [5.74, 6) is 2.31. The average molecular weight is 287 g/mol. The van der Waals surface area contributed by atoms with Crippen LogP contribution in [0.5, 0.6) is 17.2 Å². The summed E-state index contributed by atoms with van der Waals surface area (Å²) in [4.78, 5) is 0. The Morgan fingerprint density at radius 2 is 1.71 bits per heavy atom. The highest BCUT2D eigenvalue weighted by molar-refractivity contribution is 5.42. The maximum Gasteiger partial charge on any atom is 0.128 e. The molecular weight excluding hydrogens is 266 g/mol. The van der Waals surface area contributed by atoms with Gasteiger partial charge in [0.1, 0.15) is 23.9 Å². The van der Waals surface area contributed by atoms with Crippen LogP contribution in [0.25, 0.3) is 0 Å². The first-order chi connectivity index (χ1) is 10.1. The normalized spacial score (nSPS) is 11.8. The molecule has 1 atom stereocenters. The molecule has 0 heterocycles. The predicted molar refractivity (Wildman–Crippen MR) is 82.9 cm³/mol. The highest BCUT2D eigenvalue weighted by atomic mass is 16.5. The molecule has 0 aromatic heterocycles. The number of ether oxygens (including phenoxy) is 3. The summed E-state index contributed by atoms with van der Waals surface area (Å²) < 4.78 is 16.4. The maximum atomic E-state index is 5.98. The van der Waals surface area contributed by atoms with Gasteiger partial charge in [-0.2, -0.15) is 0 Å². The zero-order chi connectivity index (χ0) is 15.2. The fourth-order valence-electron chi connectivity index (χ4n) is 2.07. The SMILES string of the molecule is COc1cccc(COc2cc(OC)ccc2[C@H](C)N)c1. The molecule has 0 saturated heterocycles. The van der Waals surface area contributed by atoms with Gasteiger partial charge in [0.2, 0.25) is 0 Å². The van der Waals surface area contributed by atoms with Gasteiger partial charge in [-0.25, -0.2) is 0 Å². The quantitative estimate of drug-likeness (QED) is 0.885. The van der Waals surface area contributed by atoms with E-state index in [4.69, 9.17) is 19.9 Å². The lowest BCUT2D eigenvalue weighted by Crippen LogP contribution is -2.08. The van der Waals surface area contributed by atoms with Crippen molar-refractivity contribution in [3.05, 3.63) is 53.6 Å². The van der Waals surface area contributed by atoms with E-state index in [9.17, 15) is 0 Å². The molecule has 4 heteroatoms. The van der Waals surface area contributed by atoms with Crippen molar-refractivity contribution in [2.45, 2.75) is 19.6 Å². The maximum absolute atomic E-state index is 5.98. The second kappa shape index (κ2) is 6.99. The molecule has 112 valence electrons. The van der Waals surface area contributed by atoms with Crippen molar-refractivity contribution in [1.29, 1.82) is 0 Å². The molecule has 0 amide bonds. The highest BCUT2D eigenvalue weighted by Crippen LogP contribution is 2.29. The van der Waals surface area contributed by atoms with Gasteiger partial charge in [-0.05, 0) is 30.7 Å². The number of rotatable bonds is 6. The molecule has 0 aliphatic heterocycles. The number of methoxy groups -OCH3 is 2. The van der Waals surface area contributed by atoms with Gasteiger partial charge < -0.3 is 19.9 Å². The van der Waals surface area contributed by atoms with E-state index in [1.807, 2.05) is 49.4 Å². The molecule has 2 N–H and O–H groups in total. The van der Waals surface area contributed by atoms with Crippen LogP contribution in [0.4, 0.5) is 0 Å². The van der Waals surface area contributed by atoms with Gasteiger partial charge in [0.15, 0.2) is 0 Å². The van der Waals surface area contributed by atoms with Crippen molar-refractivity contribution >= 4 is 0 Å². The van der Waals surface area contributed by atoms with Crippen LogP contribution in [-0.2, 0) is 6.61 Å². The molecular formula is C17H21NO3. The largest absolute Gasteiger partial charge is 0.497 e. The van der Waals surface area contributed by atoms with E-state index < -0.39 is 0 Å². The molecule has 21 heavy (non-hydrogen) atoms. The predicted octanol–water partition coefficient (Wildman–Crippen LogP) is 3.30. The van der Waals surface area contributed by atoms with Gasteiger partial charge in [0.25, 0.3) is 0 Å². The molecule has 2 aromatic carbocycles. The van der Waals surface area contributed by atoms with E-state index in [-0.39, 0.29) is 6.04 Å². The Labute approximate surface area is 125 Å². The highest BCUT2D eigenvalue weighted by Gasteiger charge is 2.10. The molecule has 2 rings (SSSR count). The monoisotopic (exact) mass is 287 g/mol. The third-order valence-electron chi connectivity index (χ3n) is 3.24. The molecule has 4 nitrogen and oxygen atoms in total. The summed E-state index contributed by atoms with van der Waals surface area (Å²) in [6, 6.07) is 13.4. The van der Waals surface area contributed by atoms with Crippen LogP contribution in [0, 0.1) is 0 Å². The summed E-state index contributed by atoms with van der Waals surface area (Å²) in [7, 11) is 3.28. The summed E-state index contributed by atoms with van der Waals surface area (Å²) in [6.45, 7) is 2.38. The summed E-state index contributed by atoms with van der Waals surface area (Å²) >= 11 is 0. The van der Waals surface area contributed by atoms with Crippen LogP contribution in [0.2, 0.25) is 0 Å². The van der Waals surface area contributed by atoms with Crippen molar-refractivity contribution in [3.63, 3.8) is 0 Å². The van der Waals surface area contributed by atoms with E-state index in [1.165, 1.54) is 0 Å². The zero-order valence-corrected chi connectivity index (χ0v) is 12.6. The Morgan fingerprint density at radius 1 is 1.00 bits per heavy atom. The van der Waals surface area contributed by atoms with Gasteiger partial charge in [0, 0.05) is 17.7 Å². The van der Waals surface area contributed by atoms with Crippen molar-refractivity contribution < 1.29 is 14.2 Å². The standard InChI is InChI=1S/C17H21NO3/c1-12(18)16-8-7-15(20-3)10-17(16)21-11-13-5-4-6-14(9-13)19-2/h4-10,12H,11,18H2,1-3H3/t12-/m0/s1. The van der Waals surface area contributed by atoms with Crippen LogP contribution in [0.3, 0.4) is 0 Å². The molecule has 0 bridgehead atoms. The smallest absolute Gasteiger partial charge is 0.128 e. The minimum absolute atomic E-state index is 0.101. The molecule has 0 radical (unpaired) electrons. The van der Waals surface area contributed by atoms with Gasteiger partial charge in [-0.3, -0.25) is 0 Å². The van der Waals surface area contributed by atoms with Crippen molar-refractivity contribution in [3.8, 4) is 17.2 Å². The van der Waals surface area contributed by atoms with Crippen LogP contribution < -0.4 is 19.9 Å². The summed E-state index contributed by atoms with van der Waals surface area (Å²) in [5, 5.41) is 0. The first-order valence-corrected chi connectivity index (χ1v) is 6.83. The third kappa shape index (κ3) is 3.89. The lowest BCUT2D eigenvalue weighted by Gasteiger charge is -2.15. The second-order valence-electron chi connectivity index (χ2n) is 4.83. The number of nitrogens with two attached hydrogens (primary N) is 1. The van der Waals surface area contributed by atoms with Crippen molar-refractivity contribution in [2.24, 2.45) is 5.73 Å². The Hall–Kier alpha value is -2.20. The number of hydrogen-bond acceptors (Lipinski definition) is 4. The Kier molecular flexibility index (Phi) is 5.06. The lowest BCUT2D eigenvalue weighted by molar-refractivity contribution is 0.298. The molecule has 0 fully saturated rings. The van der Waals surface area contributed by atoms with Crippen molar-refractivity contribution in [1.82, 2.24) is 0 Å². The fraction of sp³-hybridized carbons (Fsp3) is 0.294. The molecule has 0 aliphatic carbocycles. The molecule has 0 saturated carbocycles. The van der Waals surface area contributed by atoms with Crippen molar-refractivity contribution in [2.75, 3.05) is 14.2 Å². The average Bonchev–Trinajstić information content (AvgIpc) is 2.52. The van der Waals surface area contributed by atoms with E-state index in [2.05, 4.69) is 0 Å². The second-order valence-corrected chi connectivity index (χ2v) is 4.83. The van der Waals surface area contributed by atoms with E-state index >= 15 is 0 Å². The molecule has 0 unspecified atom stereocenters. The lowest BCUT2D eigenvalue weighted by atomic mass is 10.1. The van der Waals surface area contributed by atoms with Crippen LogP contribution in [0.1, 0.15) is 24.1 Å². The number of hydrogen-bond donors (Lipinski definition) is 1.